The molecule has 2 fully saturated rings. The minimum Gasteiger partial charge on any atom is -0.339 e. The quantitative estimate of drug-likeness (QED) is 0.788. The fourth-order valence-electron chi connectivity index (χ4n) is 3.18. The maximum atomic E-state index is 12.1. The summed E-state index contributed by atoms with van der Waals surface area (Å²) in [5, 5.41) is 3.46. The molecule has 0 spiro atoms. The Morgan fingerprint density at radius 1 is 1.22 bits per heavy atom. The van der Waals surface area contributed by atoms with Gasteiger partial charge in [0.15, 0.2) is 0 Å². The number of amides is 1. The zero-order valence-electron chi connectivity index (χ0n) is 12.0. The highest BCUT2D eigenvalue weighted by Gasteiger charge is 2.31. The molecule has 0 bridgehead atoms. The molecule has 0 aromatic carbocycles. The average molecular weight is 252 g/mol. The third kappa shape index (κ3) is 3.71. The molecular formula is C15H28N2O. The van der Waals surface area contributed by atoms with E-state index in [4.69, 9.17) is 0 Å². The van der Waals surface area contributed by atoms with Gasteiger partial charge in [0.2, 0.25) is 5.91 Å². The number of rotatable bonds is 6. The molecule has 0 aliphatic heterocycles. The predicted octanol–water partition coefficient (Wildman–Crippen LogP) is 2.56. The summed E-state index contributed by atoms with van der Waals surface area (Å²) < 4.78 is 0. The topological polar surface area (TPSA) is 32.3 Å². The second-order valence-corrected chi connectivity index (χ2v) is 5.98. The molecule has 2 rings (SSSR count). The number of carbonyl (C=O) groups excluding carboxylic acids is 1. The lowest BCUT2D eigenvalue weighted by atomic mass is 9.84. The van der Waals surface area contributed by atoms with Gasteiger partial charge in [-0.3, -0.25) is 4.79 Å². The van der Waals surface area contributed by atoms with Crippen molar-refractivity contribution in [1.82, 2.24) is 10.2 Å². The molecule has 1 amide bonds. The molecule has 0 heterocycles. The lowest BCUT2D eigenvalue weighted by Gasteiger charge is -2.29. The Balaban J connectivity index is 1.70. The van der Waals surface area contributed by atoms with Crippen LogP contribution in [0.5, 0.6) is 0 Å². The van der Waals surface area contributed by atoms with Crippen LogP contribution in [0.4, 0.5) is 0 Å². The zero-order chi connectivity index (χ0) is 13.0. The number of nitrogens with one attached hydrogen (secondary N) is 1. The van der Waals surface area contributed by atoms with Crippen molar-refractivity contribution in [2.45, 2.75) is 70.9 Å². The van der Waals surface area contributed by atoms with Crippen molar-refractivity contribution in [3.63, 3.8) is 0 Å². The molecule has 0 saturated heterocycles. The second kappa shape index (κ2) is 6.55. The van der Waals surface area contributed by atoms with Gasteiger partial charge < -0.3 is 10.2 Å². The molecule has 0 aromatic heterocycles. The first-order chi connectivity index (χ1) is 8.72. The van der Waals surface area contributed by atoms with E-state index in [9.17, 15) is 4.79 Å². The molecule has 3 nitrogen and oxygen atoms in total. The van der Waals surface area contributed by atoms with Crippen molar-refractivity contribution in [1.29, 1.82) is 0 Å². The maximum absolute atomic E-state index is 12.1. The molecule has 0 unspecified atom stereocenters. The van der Waals surface area contributed by atoms with E-state index in [1.54, 1.807) is 0 Å². The highest BCUT2D eigenvalue weighted by molar-refractivity contribution is 5.78. The number of likely N-dealkylation sites (N-methyl/N-ethyl adjacent to an activating group) is 1. The van der Waals surface area contributed by atoms with Crippen LogP contribution in [-0.2, 0) is 4.79 Å². The first-order valence-corrected chi connectivity index (χ1v) is 7.75. The normalized spacial score (nSPS) is 22.8. The highest BCUT2D eigenvalue weighted by Crippen LogP contribution is 2.27. The summed E-state index contributed by atoms with van der Waals surface area (Å²) in [7, 11) is 0. The van der Waals surface area contributed by atoms with Gasteiger partial charge >= 0.3 is 0 Å². The number of hydrogen-bond donors (Lipinski definition) is 1. The fourth-order valence-corrected chi connectivity index (χ4v) is 3.18. The van der Waals surface area contributed by atoms with E-state index in [0.29, 0.717) is 24.5 Å². The molecule has 2 aliphatic rings. The molecule has 104 valence electrons. The van der Waals surface area contributed by atoms with Gasteiger partial charge in [-0.2, -0.15) is 0 Å². The molecule has 1 N–H and O–H groups in total. The highest BCUT2D eigenvalue weighted by atomic mass is 16.2. The van der Waals surface area contributed by atoms with Gasteiger partial charge in [-0.05, 0) is 45.4 Å². The summed E-state index contributed by atoms with van der Waals surface area (Å²) in [6.07, 6.45) is 9.22. The molecule has 2 saturated carbocycles. The summed E-state index contributed by atoms with van der Waals surface area (Å²) in [6.45, 7) is 5.72. The van der Waals surface area contributed by atoms with Crippen molar-refractivity contribution in [3.8, 4) is 0 Å². The van der Waals surface area contributed by atoms with Gasteiger partial charge in [0.05, 0.1) is 6.54 Å². The molecule has 0 radical (unpaired) electrons. The van der Waals surface area contributed by atoms with Crippen LogP contribution in [-0.4, -0.2) is 36.0 Å². The Kier molecular flexibility index (Phi) is 5.04. The minimum absolute atomic E-state index is 0.294. The first-order valence-electron chi connectivity index (χ1n) is 7.75. The third-order valence-corrected chi connectivity index (χ3v) is 4.58. The van der Waals surface area contributed by atoms with E-state index in [0.717, 1.165) is 12.5 Å². The number of nitrogens with zero attached hydrogens (tertiary/aromatic N) is 1. The zero-order valence-corrected chi connectivity index (χ0v) is 12.0. The monoisotopic (exact) mass is 252 g/mol. The largest absolute Gasteiger partial charge is 0.339 e. The average Bonchev–Trinajstić information content (AvgIpc) is 3.22. The van der Waals surface area contributed by atoms with Gasteiger partial charge in [-0.1, -0.05) is 19.3 Å². The molecule has 0 aromatic rings. The van der Waals surface area contributed by atoms with E-state index in [1.807, 2.05) is 4.90 Å². The van der Waals surface area contributed by atoms with Crippen LogP contribution in [0.15, 0.2) is 0 Å². The smallest absolute Gasteiger partial charge is 0.236 e. The molecule has 18 heavy (non-hydrogen) atoms. The lowest BCUT2D eigenvalue weighted by Crippen LogP contribution is -2.44. The first kappa shape index (κ1) is 13.9. The standard InChI is InChI=1S/C15H28N2O/c1-3-17(14-9-10-14)15(18)11-16-12(2)13-7-5-4-6-8-13/h12-14,16H,3-11H2,1-2H3/t12-/m1/s1. The van der Waals surface area contributed by atoms with E-state index < -0.39 is 0 Å². The van der Waals surface area contributed by atoms with Crippen LogP contribution < -0.4 is 5.32 Å². The van der Waals surface area contributed by atoms with Gasteiger partial charge in [-0.15, -0.1) is 0 Å². The molecular weight excluding hydrogens is 224 g/mol. The number of carbonyl (C=O) groups is 1. The van der Waals surface area contributed by atoms with Gasteiger partial charge in [0.25, 0.3) is 0 Å². The Labute approximate surface area is 111 Å². The van der Waals surface area contributed by atoms with Crippen molar-refractivity contribution in [3.05, 3.63) is 0 Å². The van der Waals surface area contributed by atoms with Gasteiger partial charge in [-0.25, -0.2) is 0 Å². The Hall–Kier alpha value is -0.570. The van der Waals surface area contributed by atoms with Crippen molar-refractivity contribution in [2.75, 3.05) is 13.1 Å². The molecule has 1 atom stereocenters. The van der Waals surface area contributed by atoms with Crippen LogP contribution in [0.25, 0.3) is 0 Å². The second-order valence-electron chi connectivity index (χ2n) is 5.98. The summed E-state index contributed by atoms with van der Waals surface area (Å²) in [4.78, 5) is 14.1. The van der Waals surface area contributed by atoms with Crippen molar-refractivity contribution in [2.24, 2.45) is 5.92 Å². The third-order valence-electron chi connectivity index (χ3n) is 4.58. The summed E-state index contributed by atoms with van der Waals surface area (Å²) in [5.41, 5.74) is 0. The van der Waals surface area contributed by atoms with Crippen molar-refractivity contribution < 1.29 is 4.79 Å². The minimum atomic E-state index is 0.294. The van der Waals surface area contributed by atoms with E-state index in [-0.39, 0.29) is 0 Å². The lowest BCUT2D eigenvalue weighted by molar-refractivity contribution is -0.130. The fraction of sp³-hybridized carbons (Fsp3) is 0.933. The van der Waals surface area contributed by atoms with Crippen LogP contribution in [0.2, 0.25) is 0 Å². The van der Waals surface area contributed by atoms with Crippen LogP contribution in [0.3, 0.4) is 0 Å². The maximum Gasteiger partial charge on any atom is 0.236 e. The molecule has 2 aliphatic carbocycles. The van der Waals surface area contributed by atoms with E-state index in [1.165, 1.54) is 44.9 Å². The van der Waals surface area contributed by atoms with Crippen molar-refractivity contribution >= 4 is 5.91 Å². The Bertz CT molecular complexity index is 270. The Morgan fingerprint density at radius 2 is 1.89 bits per heavy atom. The SMILES string of the molecule is CCN(C(=O)CN[C@H](C)C1CCCCC1)C1CC1. The van der Waals surface area contributed by atoms with E-state index >= 15 is 0 Å². The van der Waals surface area contributed by atoms with Crippen LogP contribution >= 0.6 is 0 Å². The number of hydrogen-bond acceptors (Lipinski definition) is 2. The van der Waals surface area contributed by atoms with Gasteiger partial charge in [0.1, 0.15) is 0 Å². The summed E-state index contributed by atoms with van der Waals surface area (Å²) in [6, 6.07) is 1.04. The predicted molar refractivity (Wildman–Crippen MR) is 74.4 cm³/mol. The summed E-state index contributed by atoms with van der Waals surface area (Å²) in [5.74, 6) is 1.07. The van der Waals surface area contributed by atoms with Crippen LogP contribution in [0.1, 0.15) is 58.8 Å². The van der Waals surface area contributed by atoms with E-state index in [2.05, 4.69) is 19.2 Å². The summed E-state index contributed by atoms with van der Waals surface area (Å²) >= 11 is 0. The van der Waals surface area contributed by atoms with Gasteiger partial charge in [0, 0.05) is 18.6 Å². The Morgan fingerprint density at radius 3 is 2.44 bits per heavy atom. The molecule has 3 heteroatoms. The van der Waals surface area contributed by atoms with Crippen LogP contribution in [0, 0.1) is 5.92 Å².